The van der Waals surface area contributed by atoms with E-state index in [1.165, 1.54) is 14.0 Å². The van der Waals surface area contributed by atoms with Gasteiger partial charge < -0.3 is 5.11 Å². The highest BCUT2D eigenvalue weighted by atomic mass is 79.9. The zero-order chi connectivity index (χ0) is 22.0. The number of fused-ring (bicyclic) bond motifs is 6. The Hall–Kier alpha value is -3.24. The molecule has 2 atom stereocenters. The van der Waals surface area contributed by atoms with E-state index >= 15 is 0 Å². The normalized spacial score (nSPS) is 21.6. The van der Waals surface area contributed by atoms with Crippen LogP contribution in [0.3, 0.4) is 0 Å². The van der Waals surface area contributed by atoms with Crippen molar-refractivity contribution in [3.05, 3.63) is 85.7 Å². The number of para-hydroxylation sites is 1. The van der Waals surface area contributed by atoms with Gasteiger partial charge in [0.15, 0.2) is 5.82 Å². The maximum atomic E-state index is 13.7. The van der Waals surface area contributed by atoms with Crippen molar-refractivity contribution in [2.45, 2.75) is 37.3 Å². The molecule has 6 rings (SSSR count). The van der Waals surface area contributed by atoms with E-state index in [0.29, 0.717) is 35.7 Å². The lowest BCUT2D eigenvalue weighted by Gasteiger charge is -2.42. The van der Waals surface area contributed by atoms with E-state index in [1.807, 2.05) is 30.3 Å². The fraction of sp³-hybridized carbons (Fsp3) is 0.273. The molecule has 1 aliphatic heterocycles. The maximum Gasteiger partial charge on any atom is 0.358 e. The second-order valence-electron chi connectivity index (χ2n) is 8.23. The van der Waals surface area contributed by atoms with E-state index in [0.717, 1.165) is 21.9 Å². The van der Waals surface area contributed by atoms with E-state index in [4.69, 9.17) is 0 Å². The Morgan fingerprint density at radius 1 is 0.969 bits per heavy atom. The molecular weight excluding hydrogens is 476 g/mol. The minimum atomic E-state index is -1.37. The molecule has 10 heteroatoms. The molecule has 0 saturated heterocycles. The maximum absolute atomic E-state index is 13.7. The molecule has 1 aliphatic carbocycles. The topological polar surface area (TPSA) is 99.9 Å². The van der Waals surface area contributed by atoms with Gasteiger partial charge in [0.2, 0.25) is 0 Å². The van der Waals surface area contributed by atoms with Crippen LogP contribution in [0.25, 0.3) is 17.2 Å². The van der Waals surface area contributed by atoms with Gasteiger partial charge in [0.05, 0.1) is 17.4 Å². The van der Waals surface area contributed by atoms with E-state index < -0.39 is 23.0 Å². The van der Waals surface area contributed by atoms with Gasteiger partial charge in [-0.05, 0) is 49.2 Å². The Kier molecular flexibility index (Phi) is 4.18. The fourth-order valence-electron chi connectivity index (χ4n) is 4.96. The molecule has 1 N–H and O–H groups in total. The van der Waals surface area contributed by atoms with Crippen LogP contribution in [-0.4, -0.2) is 34.0 Å². The standard InChI is InChI=1S/C22H19BrN6O3/c23-14-9-11-16(12-10-14)27-19-18(24-25-27)22(32)13-5-4-8-17(22)28-20(30)26(21(31)29(19)28)15-6-2-1-3-7-15/h1-3,6-7,9-12,17,32H,4-5,8,13H2. The lowest BCUT2D eigenvalue weighted by molar-refractivity contribution is -0.0658. The summed E-state index contributed by atoms with van der Waals surface area (Å²) in [5, 5.41) is 20.4. The Morgan fingerprint density at radius 3 is 2.47 bits per heavy atom. The van der Waals surface area contributed by atoms with Crippen LogP contribution < -0.4 is 11.4 Å². The summed E-state index contributed by atoms with van der Waals surface area (Å²) >= 11 is 3.42. The fourth-order valence-corrected chi connectivity index (χ4v) is 5.23. The Labute approximate surface area is 190 Å². The Balaban J connectivity index is 1.71. The third kappa shape index (κ3) is 2.53. The zero-order valence-electron chi connectivity index (χ0n) is 16.9. The van der Waals surface area contributed by atoms with Gasteiger partial charge in [-0.1, -0.05) is 52.2 Å². The first-order valence-corrected chi connectivity index (χ1v) is 11.3. The molecule has 2 aliphatic rings. The number of aromatic nitrogens is 6. The molecule has 9 nitrogen and oxygen atoms in total. The van der Waals surface area contributed by atoms with Crippen LogP contribution in [0.4, 0.5) is 0 Å². The zero-order valence-corrected chi connectivity index (χ0v) is 18.5. The molecule has 32 heavy (non-hydrogen) atoms. The lowest BCUT2D eigenvalue weighted by Crippen LogP contribution is -2.50. The van der Waals surface area contributed by atoms with Gasteiger partial charge in [-0.3, -0.25) is 0 Å². The molecule has 1 saturated carbocycles. The van der Waals surface area contributed by atoms with Crippen molar-refractivity contribution in [3.63, 3.8) is 0 Å². The molecule has 2 aromatic heterocycles. The quantitative estimate of drug-likeness (QED) is 0.461. The first-order valence-electron chi connectivity index (χ1n) is 10.5. The third-order valence-corrected chi connectivity index (χ3v) is 6.98. The summed E-state index contributed by atoms with van der Waals surface area (Å²) in [6.07, 6.45) is 2.66. The molecule has 4 aromatic rings. The van der Waals surface area contributed by atoms with Crippen molar-refractivity contribution in [1.29, 1.82) is 0 Å². The second-order valence-corrected chi connectivity index (χ2v) is 9.14. The van der Waals surface area contributed by atoms with E-state index in [9.17, 15) is 14.7 Å². The van der Waals surface area contributed by atoms with Crippen molar-refractivity contribution in [2.75, 3.05) is 0 Å². The summed E-state index contributed by atoms with van der Waals surface area (Å²) in [7, 11) is 0. The van der Waals surface area contributed by atoms with E-state index in [1.54, 1.807) is 24.3 Å². The highest BCUT2D eigenvalue weighted by molar-refractivity contribution is 9.10. The van der Waals surface area contributed by atoms with Crippen LogP contribution in [0.2, 0.25) is 0 Å². The van der Waals surface area contributed by atoms with Crippen LogP contribution in [0, 0.1) is 0 Å². The van der Waals surface area contributed by atoms with Gasteiger partial charge >= 0.3 is 11.4 Å². The van der Waals surface area contributed by atoms with Gasteiger partial charge in [-0.15, -0.1) is 5.10 Å². The summed E-state index contributed by atoms with van der Waals surface area (Å²) in [6, 6.07) is 15.6. The molecule has 0 spiro atoms. The molecule has 0 radical (unpaired) electrons. The number of rotatable bonds is 2. The summed E-state index contributed by atoms with van der Waals surface area (Å²) in [5.74, 6) is 0.296. The Morgan fingerprint density at radius 2 is 1.72 bits per heavy atom. The van der Waals surface area contributed by atoms with Crippen LogP contribution in [0.15, 0.2) is 68.7 Å². The largest absolute Gasteiger partial charge is 0.381 e. The predicted octanol–water partition coefficient (Wildman–Crippen LogP) is 2.45. The average molecular weight is 495 g/mol. The van der Waals surface area contributed by atoms with Crippen molar-refractivity contribution in [3.8, 4) is 17.2 Å². The number of nitrogens with zero attached hydrogens (tertiary/aromatic N) is 6. The molecule has 0 bridgehead atoms. The van der Waals surface area contributed by atoms with Crippen LogP contribution in [-0.2, 0) is 5.60 Å². The number of halogens is 1. The van der Waals surface area contributed by atoms with Gasteiger partial charge in [0, 0.05) is 4.47 Å². The average Bonchev–Trinajstić information content (AvgIpc) is 3.35. The van der Waals surface area contributed by atoms with Crippen LogP contribution in [0.1, 0.15) is 37.4 Å². The molecular formula is C22H19BrN6O3. The van der Waals surface area contributed by atoms with Gasteiger partial charge in [-0.25, -0.2) is 18.8 Å². The summed E-state index contributed by atoms with van der Waals surface area (Å²) in [4.78, 5) is 27.3. The monoisotopic (exact) mass is 494 g/mol. The Bertz CT molecular complexity index is 1450. The number of hydrogen-bond donors (Lipinski definition) is 1. The van der Waals surface area contributed by atoms with Crippen molar-refractivity contribution in [2.24, 2.45) is 0 Å². The van der Waals surface area contributed by atoms with Gasteiger partial charge in [0.1, 0.15) is 11.3 Å². The molecule has 1 fully saturated rings. The van der Waals surface area contributed by atoms with Crippen LogP contribution in [0.5, 0.6) is 0 Å². The number of aliphatic hydroxyl groups is 1. The first kappa shape index (κ1) is 19.4. The van der Waals surface area contributed by atoms with Gasteiger partial charge in [-0.2, -0.15) is 9.36 Å². The summed E-state index contributed by atoms with van der Waals surface area (Å²) in [6.45, 7) is 0. The van der Waals surface area contributed by atoms with E-state index in [-0.39, 0.29) is 0 Å². The molecule has 2 aromatic carbocycles. The molecule has 2 unspecified atom stereocenters. The molecule has 0 amide bonds. The smallest absolute Gasteiger partial charge is 0.358 e. The first-order chi connectivity index (χ1) is 15.5. The number of hydrogen-bond acceptors (Lipinski definition) is 5. The van der Waals surface area contributed by atoms with Crippen LogP contribution >= 0.6 is 15.9 Å². The number of benzene rings is 2. The van der Waals surface area contributed by atoms with Crippen molar-refractivity contribution in [1.82, 2.24) is 28.9 Å². The second kappa shape index (κ2) is 6.88. The third-order valence-electron chi connectivity index (χ3n) is 6.45. The minimum Gasteiger partial charge on any atom is -0.381 e. The highest BCUT2D eigenvalue weighted by Crippen LogP contribution is 2.47. The predicted molar refractivity (Wildman–Crippen MR) is 120 cm³/mol. The lowest BCUT2D eigenvalue weighted by atomic mass is 9.77. The summed E-state index contributed by atoms with van der Waals surface area (Å²) < 4.78 is 6.28. The summed E-state index contributed by atoms with van der Waals surface area (Å²) in [5.41, 5.74) is -0.909. The minimum absolute atomic E-state index is 0.296. The molecule has 162 valence electrons. The van der Waals surface area contributed by atoms with Crippen molar-refractivity contribution < 1.29 is 5.11 Å². The van der Waals surface area contributed by atoms with E-state index in [2.05, 4.69) is 26.2 Å². The van der Waals surface area contributed by atoms with Gasteiger partial charge in [0.25, 0.3) is 0 Å². The van der Waals surface area contributed by atoms with Crippen molar-refractivity contribution >= 4 is 15.9 Å². The molecule has 3 heterocycles. The highest BCUT2D eigenvalue weighted by Gasteiger charge is 2.52. The SMILES string of the molecule is O=c1n(-c2ccccc2)c(=O)n2n1-c1c(nnn1-c1ccc(Br)cc1)C1(O)CCCCC21.